The quantitative estimate of drug-likeness (QED) is 0.410. The Kier molecular flexibility index (Phi) is 6.89. The lowest BCUT2D eigenvalue weighted by atomic mass is 10.2. The summed E-state index contributed by atoms with van der Waals surface area (Å²) in [4.78, 5) is 23.6. The minimum Gasteiger partial charge on any atom is -0.351 e. The van der Waals surface area contributed by atoms with Gasteiger partial charge in [0.25, 0.3) is 0 Å². The van der Waals surface area contributed by atoms with Gasteiger partial charge in [0.1, 0.15) is 13.9 Å². The fourth-order valence-corrected chi connectivity index (χ4v) is 9.79. The summed E-state index contributed by atoms with van der Waals surface area (Å²) >= 11 is 0. The van der Waals surface area contributed by atoms with Gasteiger partial charge >= 0.3 is 6.03 Å². The molecule has 0 spiro atoms. The number of primary amides is 1. The van der Waals surface area contributed by atoms with E-state index in [2.05, 4.69) is 73.3 Å². The van der Waals surface area contributed by atoms with Crippen LogP contribution in [0.5, 0.6) is 0 Å². The number of pyridine rings is 1. The van der Waals surface area contributed by atoms with Crippen LogP contribution in [0.3, 0.4) is 0 Å². The van der Waals surface area contributed by atoms with E-state index in [1.54, 1.807) is 6.07 Å². The Morgan fingerprint density at radius 3 is 2.13 bits per heavy atom. The number of rotatable bonds is 5. The van der Waals surface area contributed by atoms with Crippen LogP contribution in [0, 0.1) is 11.5 Å². The molecule has 2 aromatic rings. The first-order valence-electron chi connectivity index (χ1n) is 9.76. The molecule has 8 nitrogen and oxygen atoms in total. The molecule has 0 aromatic carbocycles. The van der Waals surface area contributed by atoms with Gasteiger partial charge in [-0.1, -0.05) is 47.5 Å². The third-order valence-electron chi connectivity index (χ3n) is 5.41. The number of nitrogens with zero attached hydrogens (tertiary/aromatic N) is 3. The minimum absolute atomic E-state index is 0.131. The van der Waals surface area contributed by atoms with Gasteiger partial charge in [0, 0.05) is 18.0 Å². The number of sulfone groups is 1. The Hall–Kier alpha value is -2.51. The predicted molar refractivity (Wildman–Crippen MR) is 122 cm³/mol. The van der Waals surface area contributed by atoms with Crippen LogP contribution in [-0.2, 0) is 9.84 Å². The van der Waals surface area contributed by atoms with Crippen LogP contribution in [0.25, 0.3) is 11.0 Å². The van der Waals surface area contributed by atoms with E-state index in [0.29, 0.717) is 27.6 Å². The molecule has 0 aliphatic carbocycles. The molecule has 0 saturated carbocycles. The highest BCUT2D eigenvalue weighted by atomic mass is 32.2. The predicted octanol–water partition coefficient (Wildman–Crippen LogP) is 3.49. The summed E-state index contributed by atoms with van der Waals surface area (Å²) in [6.45, 7) is 13.3. The lowest BCUT2D eigenvalue weighted by Crippen LogP contribution is -2.43. The number of hydrogen-bond acceptors (Lipinski definition) is 6. The summed E-state index contributed by atoms with van der Waals surface area (Å²) in [5, 5.41) is 2.60. The third kappa shape index (κ3) is 4.79. The van der Waals surface area contributed by atoms with Gasteiger partial charge < -0.3 is 5.73 Å². The number of nitrogens with two attached hydrogens (primary N) is 1. The Balaban J connectivity index is 2.80. The average Bonchev–Trinajstić information content (AvgIpc) is 2.59. The normalized spacial score (nSPS) is 12.3. The lowest BCUT2D eigenvalue weighted by molar-refractivity contribution is 0.259. The molecule has 0 fully saturated rings. The second-order valence-electron chi connectivity index (χ2n) is 8.35. The minimum atomic E-state index is -3.62. The number of aromatic nitrogens is 3. The van der Waals surface area contributed by atoms with Crippen LogP contribution in [0.15, 0.2) is 17.4 Å². The van der Waals surface area contributed by atoms with Crippen LogP contribution in [-0.4, -0.2) is 43.7 Å². The monoisotopic (exact) mass is 447 g/mol. The van der Waals surface area contributed by atoms with Crippen molar-refractivity contribution in [3.8, 4) is 11.5 Å². The molecule has 30 heavy (non-hydrogen) atoms. The Bertz CT molecular complexity index is 1110. The number of nitrogens with one attached hydrogen (secondary N) is 1. The summed E-state index contributed by atoms with van der Waals surface area (Å²) in [7, 11) is -5.63. The molecule has 3 N–H and O–H groups in total. The number of fused-ring (bicyclic) bond motifs is 1. The van der Waals surface area contributed by atoms with Crippen LogP contribution in [0.4, 0.5) is 10.6 Å². The second-order valence-corrected chi connectivity index (χ2v) is 15.8. The number of anilines is 1. The molecule has 162 valence electrons. The molecule has 0 radical (unpaired) electrons. The molecule has 2 amide bonds. The average molecular weight is 448 g/mol. The molecule has 0 bridgehead atoms. The van der Waals surface area contributed by atoms with Gasteiger partial charge in [0.2, 0.25) is 15.0 Å². The fourth-order valence-electron chi connectivity index (χ4n) is 4.07. The molecule has 0 aliphatic heterocycles. The van der Waals surface area contributed by atoms with Gasteiger partial charge in [-0.2, -0.15) is 4.98 Å². The molecule has 2 rings (SSSR count). The van der Waals surface area contributed by atoms with Gasteiger partial charge in [-0.15, -0.1) is 5.54 Å². The third-order valence-corrected chi connectivity index (χ3v) is 12.6. The number of carbonyl (C=O) groups is 1. The molecule has 2 aromatic heterocycles. The number of amides is 2. The standard InChI is InChI=1S/C20H29N5O3SSi/c1-12(2)30(13(3)4,14(5)6)9-8-15-10-17(24-19(21)26)23-18-16(15)11-22-20(25-18)29(7,27)28/h10-14H,1-7H3,(H3,21,22,23,24,25,26). The van der Waals surface area contributed by atoms with Crippen molar-refractivity contribution in [2.75, 3.05) is 11.6 Å². The Morgan fingerprint density at radius 2 is 1.67 bits per heavy atom. The smallest absolute Gasteiger partial charge is 0.317 e. The summed E-state index contributed by atoms with van der Waals surface area (Å²) in [5.41, 5.74) is 10.9. The first-order valence-corrected chi connectivity index (χ1v) is 13.9. The van der Waals surface area contributed by atoms with Gasteiger partial charge in [0.05, 0.1) is 5.39 Å². The van der Waals surface area contributed by atoms with Gasteiger partial charge in [-0.3, -0.25) is 5.32 Å². The van der Waals surface area contributed by atoms with Crippen LogP contribution in [0.1, 0.15) is 47.1 Å². The largest absolute Gasteiger partial charge is 0.351 e. The van der Waals surface area contributed by atoms with E-state index in [9.17, 15) is 13.2 Å². The molecular formula is C20H29N5O3SSi. The highest BCUT2D eigenvalue weighted by molar-refractivity contribution is 7.90. The first kappa shape index (κ1) is 23.8. The molecule has 0 unspecified atom stereocenters. The highest BCUT2D eigenvalue weighted by Gasteiger charge is 2.41. The zero-order chi connectivity index (χ0) is 22.9. The number of hydrogen-bond donors (Lipinski definition) is 2. The van der Waals surface area contributed by atoms with E-state index in [1.165, 1.54) is 6.20 Å². The van der Waals surface area contributed by atoms with E-state index in [0.717, 1.165) is 6.26 Å². The topological polar surface area (TPSA) is 128 Å². The van der Waals surface area contributed by atoms with E-state index >= 15 is 0 Å². The van der Waals surface area contributed by atoms with Crippen molar-refractivity contribution in [1.29, 1.82) is 0 Å². The SMILES string of the molecule is CC(C)[Si](C#Cc1cc(NC(N)=O)nc2nc(S(C)(=O)=O)ncc12)(C(C)C)C(C)C. The summed E-state index contributed by atoms with van der Waals surface area (Å²) < 4.78 is 23.7. The summed E-state index contributed by atoms with van der Waals surface area (Å²) in [5.74, 6) is 3.45. The van der Waals surface area contributed by atoms with Crippen molar-refractivity contribution in [2.24, 2.45) is 5.73 Å². The van der Waals surface area contributed by atoms with Crippen molar-refractivity contribution in [1.82, 2.24) is 15.0 Å². The van der Waals surface area contributed by atoms with E-state index in [4.69, 9.17) is 5.73 Å². The molecule has 0 atom stereocenters. The maximum absolute atomic E-state index is 11.8. The zero-order valence-electron chi connectivity index (χ0n) is 18.4. The molecule has 2 heterocycles. The summed E-state index contributed by atoms with van der Waals surface area (Å²) in [6, 6.07) is 0.831. The molecule has 10 heteroatoms. The van der Waals surface area contributed by atoms with Crippen LogP contribution >= 0.6 is 0 Å². The number of urea groups is 1. The van der Waals surface area contributed by atoms with E-state index in [-0.39, 0.29) is 16.6 Å². The fraction of sp³-hybridized carbons (Fsp3) is 0.500. The van der Waals surface area contributed by atoms with Crippen molar-refractivity contribution in [2.45, 2.75) is 63.3 Å². The maximum atomic E-state index is 11.8. The summed E-state index contributed by atoms with van der Waals surface area (Å²) in [6.07, 6.45) is 2.43. The molecule has 0 aliphatic rings. The van der Waals surface area contributed by atoms with Gasteiger partial charge in [-0.05, 0) is 22.7 Å². The van der Waals surface area contributed by atoms with Crippen molar-refractivity contribution >= 4 is 40.8 Å². The van der Waals surface area contributed by atoms with Crippen molar-refractivity contribution < 1.29 is 13.2 Å². The highest BCUT2D eigenvalue weighted by Crippen LogP contribution is 2.40. The lowest BCUT2D eigenvalue weighted by Gasteiger charge is -2.38. The molecular weight excluding hydrogens is 418 g/mol. The second kappa shape index (κ2) is 8.69. The zero-order valence-corrected chi connectivity index (χ0v) is 20.3. The number of carbonyl (C=O) groups excluding carboxylic acids is 1. The van der Waals surface area contributed by atoms with E-state index < -0.39 is 23.9 Å². The van der Waals surface area contributed by atoms with Crippen LogP contribution in [0.2, 0.25) is 16.6 Å². The van der Waals surface area contributed by atoms with Crippen LogP contribution < -0.4 is 11.1 Å². The Morgan fingerprint density at radius 1 is 1.10 bits per heavy atom. The van der Waals surface area contributed by atoms with Crippen molar-refractivity contribution in [3.05, 3.63) is 17.8 Å². The van der Waals surface area contributed by atoms with Gasteiger partial charge in [-0.25, -0.2) is 23.2 Å². The first-order chi connectivity index (χ1) is 13.8. The van der Waals surface area contributed by atoms with Gasteiger partial charge in [0.15, 0.2) is 5.65 Å². The maximum Gasteiger partial charge on any atom is 0.317 e. The molecule has 0 saturated heterocycles. The van der Waals surface area contributed by atoms with Crippen molar-refractivity contribution in [3.63, 3.8) is 0 Å². The van der Waals surface area contributed by atoms with E-state index in [1.807, 2.05) is 0 Å². The Labute approximate surface area is 179 Å².